The lowest BCUT2D eigenvalue weighted by Gasteiger charge is -2.38. The van der Waals surface area contributed by atoms with Gasteiger partial charge in [-0.15, -0.1) is 0 Å². The van der Waals surface area contributed by atoms with Crippen LogP contribution in [0.5, 0.6) is 11.5 Å². The van der Waals surface area contributed by atoms with Gasteiger partial charge in [0.15, 0.2) is 0 Å². The molecule has 1 atom stereocenters. The fourth-order valence-corrected chi connectivity index (χ4v) is 4.27. The van der Waals surface area contributed by atoms with E-state index in [1.807, 2.05) is 32.0 Å². The minimum Gasteiger partial charge on any atom is -0.497 e. The number of nitrogens with one attached hydrogen (secondary N) is 1. The van der Waals surface area contributed by atoms with E-state index >= 15 is 0 Å². The Morgan fingerprint density at radius 3 is 2.60 bits per heavy atom. The Morgan fingerprint density at radius 1 is 1.27 bits per heavy atom. The third-order valence-electron chi connectivity index (χ3n) is 5.37. The highest BCUT2D eigenvalue weighted by atomic mass is 32.2. The van der Waals surface area contributed by atoms with E-state index in [0.29, 0.717) is 34.7 Å². The van der Waals surface area contributed by atoms with E-state index in [9.17, 15) is 13.2 Å². The van der Waals surface area contributed by atoms with Crippen molar-refractivity contribution in [2.45, 2.75) is 38.8 Å². The van der Waals surface area contributed by atoms with Gasteiger partial charge in [-0.3, -0.25) is 9.10 Å². The SMILES string of the molecule is COc1ccc2c(c1)C(NC(=O)c1cccc(N(C)S(C)(=O)=O)c1C)CC(C)(C)O2. The van der Waals surface area contributed by atoms with E-state index in [1.165, 1.54) is 11.4 Å². The highest BCUT2D eigenvalue weighted by Gasteiger charge is 2.35. The first-order valence-corrected chi connectivity index (χ1v) is 11.5. The van der Waals surface area contributed by atoms with Crippen LogP contribution in [0.25, 0.3) is 0 Å². The third-order valence-corrected chi connectivity index (χ3v) is 6.56. The highest BCUT2D eigenvalue weighted by Crippen LogP contribution is 2.41. The Balaban J connectivity index is 1.95. The first kappa shape index (κ1) is 22.0. The average molecular weight is 433 g/mol. The van der Waals surface area contributed by atoms with Gasteiger partial charge in [-0.05, 0) is 56.7 Å². The molecule has 30 heavy (non-hydrogen) atoms. The molecule has 1 heterocycles. The van der Waals surface area contributed by atoms with Crippen molar-refractivity contribution in [3.63, 3.8) is 0 Å². The van der Waals surface area contributed by atoms with E-state index in [4.69, 9.17) is 9.47 Å². The molecule has 8 heteroatoms. The van der Waals surface area contributed by atoms with Crippen molar-refractivity contribution in [2.24, 2.45) is 0 Å². The second-order valence-corrected chi connectivity index (χ2v) is 10.2. The number of sulfonamides is 1. The summed E-state index contributed by atoms with van der Waals surface area (Å²) in [4.78, 5) is 13.2. The van der Waals surface area contributed by atoms with E-state index in [-0.39, 0.29) is 11.9 Å². The summed E-state index contributed by atoms with van der Waals surface area (Å²) >= 11 is 0. The number of ether oxygens (including phenoxy) is 2. The quantitative estimate of drug-likeness (QED) is 0.782. The molecule has 0 fully saturated rings. The molecule has 1 aliphatic heterocycles. The van der Waals surface area contributed by atoms with E-state index in [0.717, 1.165) is 11.8 Å². The number of nitrogens with zero attached hydrogens (tertiary/aromatic N) is 1. The third kappa shape index (κ3) is 4.38. The van der Waals surface area contributed by atoms with Crippen LogP contribution in [-0.2, 0) is 10.0 Å². The van der Waals surface area contributed by atoms with Crippen LogP contribution in [0.1, 0.15) is 47.8 Å². The average Bonchev–Trinajstić information content (AvgIpc) is 2.65. The number of hydrogen-bond donors (Lipinski definition) is 1. The van der Waals surface area contributed by atoms with Crippen LogP contribution in [0, 0.1) is 6.92 Å². The van der Waals surface area contributed by atoms with Crippen molar-refractivity contribution in [2.75, 3.05) is 24.7 Å². The van der Waals surface area contributed by atoms with Crippen molar-refractivity contribution in [1.82, 2.24) is 5.32 Å². The molecule has 0 aromatic heterocycles. The lowest BCUT2D eigenvalue weighted by molar-refractivity contribution is 0.0618. The smallest absolute Gasteiger partial charge is 0.252 e. The number of fused-ring (bicyclic) bond motifs is 1. The predicted molar refractivity (Wildman–Crippen MR) is 117 cm³/mol. The normalized spacial score (nSPS) is 17.5. The largest absolute Gasteiger partial charge is 0.497 e. The van der Waals surface area contributed by atoms with Crippen LogP contribution >= 0.6 is 0 Å². The molecule has 0 radical (unpaired) electrons. The fourth-order valence-electron chi connectivity index (χ4n) is 3.71. The topological polar surface area (TPSA) is 84.9 Å². The zero-order valence-electron chi connectivity index (χ0n) is 18.1. The minimum atomic E-state index is -3.44. The van der Waals surface area contributed by atoms with Crippen LogP contribution in [-0.4, -0.2) is 40.3 Å². The number of carbonyl (C=O) groups is 1. The van der Waals surface area contributed by atoms with E-state index in [2.05, 4.69) is 5.32 Å². The van der Waals surface area contributed by atoms with Crippen LogP contribution in [0.4, 0.5) is 5.69 Å². The maximum absolute atomic E-state index is 13.2. The van der Waals surface area contributed by atoms with Gasteiger partial charge in [0.2, 0.25) is 10.0 Å². The molecule has 162 valence electrons. The van der Waals surface area contributed by atoms with Crippen molar-refractivity contribution in [3.8, 4) is 11.5 Å². The lowest BCUT2D eigenvalue weighted by atomic mass is 9.89. The summed E-state index contributed by atoms with van der Waals surface area (Å²) in [5.41, 5.74) is 1.90. The fraction of sp³-hybridized carbons (Fsp3) is 0.409. The van der Waals surface area contributed by atoms with Crippen LogP contribution in [0.2, 0.25) is 0 Å². The van der Waals surface area contributed by atoms with Crippen molar-refractivity contribution >= 4 is 21.6 Å². The Labute approximate surface area is 178 Å². The Kier molecular flexibility index (Phi) is 5.73. The monoisotopic (exact) mass is 432 g/mol. The van der Waals surface area contributed by atoms with Gasteiger partial charge in [0, 0.05) is 24.6 Å². The number of methoxy groups -OCH3 is 1. The number of amides is 1. The molecule has 0 bridgehead atoms. The Bertz CT molecular complexity index is 1080. The number of benzene rings is 2. The molecule has 2 aromatic carbocycles. The molecule has 0 aliphatic carbocycles. The summed E-state index contributed by atoms with van der Waals surface area (Å²) < 4.78 is 36.5. The van der Waals surface area contributed by atoms with Gasteiger partial charge in [-0.1, -0.05) is 6.07 Å². The summed E-state index contributed by atoms with van der Waals surface area (Å²) in [6.45, 7) is 5.70. The summed E-state index contributed by atoms with van der Waals surface area (Å²) in [6, 6.07) is 10.3. The molecule has 0 saturated heterocycles. The zero-order chi connectivity index (χ0) is 22.3. The molecular weight excluding hydrogens is 404 g/mol. The van der Waals surface area contributed by atoms with Crippen LogP contribution in [0.3, 0.4) is 0 Å². The summed E-state index contributed by atoms with van der Waals surface area (Å²) in [5.74, 6) is 1.12. The van der Waals surface area contributed by atoms with Gasteiger partial charge in [-0.2, -0.15) is 0 Å². The maximum atomic E-state index is 13.2. The number of anilines is 1. The molecule has 2 aromatic rings. The molecule has 0 spiro atoms. The first-order chi connectivity index (χ1) is 13.9. The molecule has 3 rings (SSSR count). The van der Waals surface area contributed by atoms with Crippen molar-refractivity contribution in [3.05, 3.63) is 53.1 Å². The Hall–Kier alpha value is -2.74. The number of carbonyl (C=O) groups excluding carboxylic acids is 1. The molecule has 1 unspecified atom stereocenters. The highest BCUT2D eigenvalue weighted by molar-refractivity contribution is 7.92. The maximum Gasteiger partial charge on any atom is 0.252 e. The van der Waals surface area contributed by atoms with Gasteiger partial charge in [0.05, 0.1) is 25.1 Å². The standard InChI is InChI=1S/C22H28N2O5S/c1-14-16(8-7-9-19(14)24(4)30(6,26)27)21(25)23-18-13-22(2,3)29-20-11-10-15(28-5)12-17(18)20/h7-12,18H,13H2,1-6H3,(H,23,25). The first-order valence-electron chi connectivity index (χ1n) is 9.64. The molecule has 1 N–H and O–H groups in total. The summed E-state index contributed by atoms with van der Waals surface area (Å²) in [5, 5.41) is 3.10. The van der Waals surface area contributed by atoms with Gasteiger partial charge < -0.3 is 14.8 Å². The second kappa shape index (κ2) is 7.83. The van der Waals surface area contributed by atoms with Crippen molar-refractivity contribution in [1.29, 1.82) is 0 Å². The van der Waals surface area contributed by atoms with Gasteiger partial charge in [0.1, 0.15) is 17.1 Å². The summed E-state index contributed by atoms with van der Waals surface area (Å²) in [7, 11) is -0.372. The minimum absolute atomic E-state index is 0.271. The van der Waals surface area contributed by atoms with E-state index in [1.54, 1.807) is 32.2 Å². The summed E-state index contributed by atoms with van der Waals surface area (Å²) in [6.07, 6.45) is 1.72. The zero-order valence-corrected chi connectivity index (χ0v) is 19.0. The molecular formula is C22H28N2O5S. The molecule has 1 aliphatic rings. The molecule has 1 amide bonds. The van der Waals surface area contributed by atoms with Crippen LogP contribution < -0.4 is 19.1 Å². The van der Waals surface area contributed by atoms with Crippen molar-refractivity contribution < 1.29 is 22.7 Å². The van der Waals surface area contributed by atoms with Gasteiger partial charge >= 0.3 is 0 Å². The van der Waals surface area contributed by atoms with Crippen LogP contribution in [0.15, 0.2) is 36.4 Å². The van der Waals surface area contributed by atoms with Gasteiger partial charge in [0.25, 0.3) is 5.91 Å². The lowest BCUT2D eigenvalue weighted by Crippen LogP contribution is -2.41. The number of rotatable bonds is 5. The Morgan fingerprint density at radius 2 is 1.97 bits per heavy atom. The molecule has 0 saturated carbocycles. The number of hydrogen-bond acceptors (Lipinski definition) is 5. The molecule has 7 nitrogen and oxygen atoms in total. The predicted octanol–water partition coefficient (Wildman–Crippen LogP) is 3.43. The van der Waals surface area contributed by atoms with Gasteiger partial charge in [-0.25, -0.2) is 8.42 Å². The second-order valence-electron chi connectivity index (χ2n) is 8.18. The van der Waals surface area contributed by atoms with E-state index < -0.39 is 15.6 Å².